The van der Waals surface area contributed by atoms with Crippen molar-refractivity contribution < 1.29 is 19.8 Å². The van der Waals surface area contributed by atoms with Crippen LogP contribution < -0.4 is 0 Å². The van der Waals surface area contributed by atoms with E-state index in [4.69, 9.17) is 5.11 Å². The fourth-order valence-electron chi connectivity index (χ4n) is 3.87. The Morgan fingerprint density at radius 3 is 2.74 bits per heavy atom. The zero-order valence-electron chi connectivity index (χ0n) is 16.9. The zero-order chi connectivity index (χ0) is 20.1. The van der Waals surface area contributed by atoms with Crippen LogP contribution in [0.25, 0.3) is 0 Å². The van der Waals surface area contributed by atoms with Crippen LogP contribution in [0.3, 0.4) is 0 Å². The highest BCUT2D eigenvalue weighted by Gasteiger charge is 2.32. The van der Waals surface area contributed by atoms with Crippen molar-refractivity contribution in [2.75, 3.05) is 6.61 Å². The molecule has 1 aliphatic rings. The van der Waals surface area contributed by atoms with Crippen molar-refractivity contribution in [3.63, 3.8) is 0 Å². The van der Waals surface area contributed by atoms with E-state index in [9.17, 15) is 14.7 Å². The summed E-state index contributed by atoms with van der Waals surface area (Å²) in [5, 5.41) is 18.0. The van der Waals surface area contributed by atoms with Crippen molar-refractivity contribution in [1.82, 2.24) is 0 Å². The maximum Gasteiger partial charge on any atom is 0.163 e. The Labute approximate surface area is 164 Å². The van der Waals surface area contributed by atoms with Gasteiger partial charge in [0.2, 0.25) is 0 Å². The molecule has 1 aliphatic carbocycles. The number of hydrogen-bond acceptors (Lipinski definition) is 4. The highest BCUT2D eigenvalue weighted by molar-refractivity contribution is 5.83. The van der Waals surface area contributed by atoms with Gasteiger partial charge in [-0.25, -0.2) is 0 Å². The molecule has 1 saturated carbocycles. The lowest BCUT2D eigenvalue weighted by atomic mass is 9.88. The molecule has 4 atom stereocenters. The van der Waals surface area contributed by atoms with Crippen molar-refractivity contribution in [1.29, 1.82) is 0 Å². The van der Waals surface area contributed by atoms with Crippen molar-refractivity contribution >= 4 is 11.6 Å². The molecule has 1 rings (SSSR count). The average molecular weight is 379 g/mol. The number of ketones is 2. The van der Waals surface area contributed by atoms with E-state index in [0.29, 0.717) is 36.9 Å². The summed E-state index contributed by atoms with van der Waals surface area (Å²) >= 11 is 0. The number of carbonyl (C=O) groups is 2. The topological polar surface area (TPSA) is 74.6 Å². The van der Waals surface area contributed by atoms with Gasteiger partial charge >= 0.3 is 0 Å². The molecule has 27 heavy (non-hydrogen) atoms. The minimum atomic E-state index is -1.24. The Balaban J connectivity index is 2.34. The second kappa shape index (κ2) is 13.8. The van der Waals surface area contributed by atoms with E-state index in [1.807, 2.05) is 6.08 Å². The quantitative estimate of drug-likeness (QED) is 0.327. The molecule has 154 valence electrons. The smallest absolute Gasteiger partial charge is 0.163 e. The van der Waals surface area contributed by atoms with Crippen LogP contribution in [0.1, 0.15) is 77.6 Å². The van der Waals surface area contributed by atoms with Gasteiger partial charge in [0.25, 0.3) is 0 Å². The number of aliphatic hydroxyl groups excluding tert-OH is 2. The molecule has 2 unspecified atom stereocenters. The monoisotopic (exact) mass is 378 g/mol. The lowest BCUT2D eigenvalue weighted by Gasteiger charge is -2.15. The number of Topliss-reactive ketones (excluding diaryl/α,β-unsaturated/α-hetero) is 2. The highest BCUT2D eigenvalue weighted by atomic mass is 16.3. The first kappa shape index (κ1) is 23.8. The summed E-state index contributed by atoms with van der Waals surface area (Å²) in [5.74, 6) is 1.09. The van der Waals surface area contributed by atoms with Gasteiger partial charge in [-0.2, -0.15) is 0 Å². The van der Waals surface area contributed by atoms with Crippen LogP contribution in [0, 0.1) is 17.8 Å². The molecule has 0 radical (unpaired) electrons. The first-order valence-corrected chi connectivity index (χ1v) is 10.7. The Kier molecular flexibility index (Phi) is 12.2. The van der Waals surface area contributed by atoms with E-state index >= 15 is 0 Å². The molecule has 2 N–H and O–H groups in total. The first-order valence-electron chi connectivity index (χ1n) is 10.7. The van der Waals surface area contributed by atoms with E-state index in [-0.39, 0.29) is 11.7 Å². The van der Waals surface area contributed by atoms with Crippen molar-refractivity contribution in [3.8, 4) is 0 Å². The molecular formula is C23H38O4. The van der Waals surface area contributed by atoms with Crippen LogP contribution in [0.2, 0.25) is 0 Å². The third-order valence-electron chi connectivity index (χ3n) is 5.72. The summed E-state index contributed by atoms with van der Waals surface area (Å²) in [5.41, 5.74) is 0. The van der Waals surface area contributed by atoms with Crippen LogP contribution in [0.4, 0.5) is 0 Å². The first-order chi connectivity index (χ1) is 13.0. The van der Waals surface area contributed by atoms with Crippen molar-refractivity contribution in [3.05, 3.63) is 24.8 Å². The molecule has 0 aliphatic heterocycles. The van der Waals surface area contributed by atoms with E-state index < -0.39 is 12.7 Å². The molecule has 4 heteroatoms. The maximum atomic E-state index is 12.2. The Hall–Kier alpha value is -1.26. The lowest BCUT2D eigenvalue weighted by molar-refractivity contribution is -0.129. The predicted octanol–water partition coefficient (Wildman–Crippen LogP) is 4.39. The van der Waals surface area contributed by atoms with Gasteiger partial charge in [-0.3, -0.25) is 9.59 Å². The molecule has 0 aromatic rings. The molecule has 0 spiro atoms. The minimum absolute atomic E-state index is 0.123. The summed E-state index contributed by atoms with van der Waals surface area (Å²) in [4.78, 5) is 23.7. The number of carbonyl (C=O) groups excluding carboxylic acids is 2. The molecule has 0 amide bonds. The Bertz CT molecular complexity index is 483. The van der Waals surface area contributed by atoms with Gasteiger partial charge in [0.1, 0.15) is 11.9 Å². The predicted molar refractivity (Wildman–Crippen MR) is 109 cm³/mol. The van der Waals surface area contributed by atoms with Gasteiger partial charge in [-0.05, 0) is 43.9 Å². The second-order valence-corrected chi connectivity index (χ2v) is 7.84. The largest absolute Gasteiger partial charge is 0.393 e. The highest BCUT2D eigenvalue weighted by Crippen LogP contribution is 2.34. The van der Waals surface area contributed by atoms with E-state index in [1.54, 1.807) is 0 Å². The number of hydrogen-bond donors (Lipinski definition) is 2. The summed E-state index contributed by atoms with van der Waals surface area (Å²) in [6.07, 6.45) is 15.2. The minimum Gasteiger partial charge on any atom is -0.393 e. The van der Waals surface area contributed by atoms with Crippen LogP contribution >= 0.6 is 0 Å². The zero-order valence-corrected chi connectivity index (χ0v) is 16.9. The average Bonchev–Trinajstić information content (AvgIpc) is 3.03. The third-order valence-corrected chi connectivity index (χ3v) is 5.72. The van der Waals surface area contributed by atoms with Gasteiger partial charge in [-0.1, -0.05) is 50.8 Å². The number of allylic oxidation sites excluding steroid dienone is 3. The van der Waals surface area contributed by atoms with Crippen LogP contribution in [0.5, 0.6) is 0 Å². The van der Waals surface area contributed by atoms with Crippen molar-refractivity contribution in [2.24, 2.45) is 17.8 Å². The maximum absolute atomic E-state index is 12.2. The molecule has 0 aromatic heterocycles. The van der Waals surface area contributed by atoms with Gasteiger partial charge in [0.05, 0.1) is 6.61 Å². The third kappa shape index (κ3) is 8.98. The molecule has 4 nitrogen and oxygen atoms in total. The molecule has 0 saturated heterocycles. The van der Waals surface area contributed by atoms with E-state index in [1.165, 1.54) is 19.3 Å². The van der Waals surface area contributed by atoms with Gasteiger partial charge < -0.3 is 10.2 Å². The lowest BCUT2D eigenvalue weighted by Crippen LogP contribution is -2.23. The van der Waals surface area contributed by atoms with E-state index in [2.05, 4.69) is 25.7 Å². The molecule has 0 aromatic carbocycles. The van der Waals surface area contributed by atoms with Gasteiger partial charge in [-0.15, -0.1) is 6.58 Å². The molecule has 1 fully saturated rings. The normalized spacial score (nSPS) is 22.3. The Morgan fingerprint density at radius 1 is 1.30 bits per heavy atom. The fourth-order valence-corrected chi connectivity index (χ4v) is 3.87. The van der Waals surface area contributed by atoms with Gasteiger partial charge in [0, 0.05) is 18.8 Å². The Morgan fingerprint density at radius 2 is 2.07 bits per heavy atom. The summed E-state index contributed by atoms with van der Waals surface area (Å²) in [6, 6.07) is 0. The second-order valence-electron chi connectivity index (χ2n) is 7.84. The molecule has 0 bridgehead atoms. The van der Waals surface area contributed by atoms with Crippen LogP contribution in [-0.2, 0) is 9.59 Å². The van der Waals surface area contributed by atoms with Crippen LogP contribution in [0.15, 0.2) is 24.8 Å². The van der Waals surface area contributed by atoms with E-state index in [0.717, 1.165) is 32.1 Å². The summed E-state index contributed by atoms with van der Waals surface area (Å²) in [6.45, 7) is 5.63. The molecular weight excluding hydrogens is 340 g/mol. The summed E-state index contributed by atoms with van der Waals surface area (Å²) < 4.78 is 0. The molecule has 0 heterocycles. The van der Waals surface area contributed by atoms with Crippen molar-refractivity contribution in [2.45, 2.75) is 83.7 Å². The standard InChI is InChI=1S/C23H38O4/c1-3-5-10-18(4-2)11-9-12-19-15-16-21(25)20(19)13-7-6-8-14-22(26)23(27)17-24/h4,9,12,18-20,23-24,27H,2-3,5-8,10-11,13-17H2,1H3/t18?,19-,20+,23?/m0/s1. The number of unbranched alkanes of at least 4 members (excludes halogenated alkanes) is 3. The van der Waals surface area contributed by atoms with Gasteiger partial charge in [0.15, 0.2) is 5.78 Å². The SMILES string of the molecule is C=CC(CC=C[C@H]1CCC(=O)[C@@H]1CCCCCC(=O)C(O)CO)CCCC. The van der Waals surface area contributed by atoms with Crippen LogP contribution in [-0.4, -0.2) is 34.5 Å². The number of aliphatic hydroxyl groups is 2. The summed E-state index contributed by atoms with van der Waals surface area (Å²) in [7, 11) is 0. The number of rotatable bonds is 15. The fraction of sp³-hybridized carbons (Fsp3) is 0.739.